The molecule has 0 saturated carbocycles. The van der Waals surface area contributed by atoms with Crippen molar-refractivity contribution in [1.29, 1.82) is 0 Å². The zero-order valence-corrected chi connectivity index (χ0v) is 17.8. The van der Waals surface area contributed by atoms with Crippen molar-refractivity contribution < 1.29 is 18.9 Å². The first-order valence-corrected chi connectivity index (χ1v) is 9.65. The van der Waals surface area contributed by atoms with Crippen molar-refractivity contribution in [3.05, 3.63) is 52.1 Å². The second kappa shape index (κ2) is 9.29. The van der Waals surface area contributed by atoms with Crippen LogP contribution in [0.5, 0.6) is 23.0 Å². The minimum absolute atomic E-state index is 0.540. The van der Waals surface area contributed by atoms with Crippen LogP contribution in [0.3, 0.4) is 0 Å². The standard InChI is InChI=1S/C21H23N3O4S/c1-22-21-24(17(13-29-21)15-6-8-16(25-2)9-7-15)23-12-14-10-18(26-3)20(28-5)19(11-14)27-4/h6-13H,1-5H3. The van der Waals surface area contributed by atoms with Gasteiger partial charge in [0.05, 0.1) is 40.3 Å². The Balaban J connectivity index is 2.04. The predicted molar refractivity (Wildman–Crippen MR) is 115 cm³/mol. The highest BCUT2D eigenvalue weighted by Crippen LogP contribution is 2.37. The number of thiazole rings is 1. The van der Waals surface area contributed by atoms with Gasteiger partial charge in [0.1, 0.15) is 5.75 Å². The van der Waals surface area contributed by atoms with E-state index in [0.29, 0.717) is 17.2 Å². The first-order valence-electron chi connectivity index (χ1n) is 8.77. The molecule has 8 heteroatoms. The van der Waals surface area contributed by atoms with Crippen molar-refractivity contribution >= 4 is 17.6 Å². The molecule has 3 aromatic rings. The topological polar surface area (TPSA) is 66.6 Å². The van der Waals surface area contributed by atoms with Gasteiger partial charge in [0.2, 0.25) is 10.6 Å². The van der Waals surface area contributed by atoms with Crippen LogP contribution in [0.15, 0.2) is 51.9 Å². The highest BCUT2D eigenvalue weighted by atomic mass is 32.1. The average molecular weight is 413 g/mol. The Hall–Kier alpha value is -3.26. The van der Waals surface area contributed by atoms with Gasteiger partial charge in [-0.05, 0) is 36.4 Å². The number of hydrogen-bond donors (Lipinski definition) is 0. The monoisotopic (exact) mass is 413 g/mol. The zero-order chi connectivity index (χ0) is 20.8. The quantitative estimate of drug-likeness (QED) is 0.555. The first kappa shape index (κ1) is 20.5. The molecule has 0 aliphatic carbocycles. The Morgan fingerprint density at radius 1 is 0.897 bits per heavy atom. The average Bonchev–Trinajstić information content (AvgIpc) is 3.19. The third kappa shape index (κ3) is 4.27. The van der Waals surface area contributed by atoms with Gasteiger partial charge in [0, 0.05) is 23.6 Å². The Bertz CT molecular complexity index is 1040. The number of methoxy groups -OCH3 is 4. The molecule has 7 nitrogen and oxygen atoms in total. The summed E-state index contributed by atoms with van der Waals surface area (Å²) in [6.07, 6.45) is 1.74. The molecule has 0 fully saturated rings. The van der Waals surface area contributed by atoms with Crippen LogP contribution in [-0.4, -0.2) is 46.4 Å². The fraction of sp³-hybridized carbons (Fsp3) is 0.238. The molecule has 29 heavy (non-hydrogen) atoms. The summed E-state index contributed by atoms with van der Waals surface area (Å²) >= 11 is 1.52. The van der Waals surface area contributed by atoms with Crippen LogP contribution in [0.25, 0.3) is 11.3 Å². The molecule has 0 unspecified atom stereocenters. The van der Waals surface area contributed by atoms with Gasteiger partial charge in [-0.2, -0.15) is 5.10 Å². The summed E-state index contributed by atoms with van der Waals surface area (Å²) in [7, 11) is 8.14. The molecule has 2 aromatic carbocycles. The molecular formula is C21H23N3O4S. The van der Waals surface area contributed by atoms with Gasteiger partial charge in [-0.25, -0.2) is 4.68 Å². The molecule has 0 aliphatic heterocycles. The molecule has 0 saturated heterocycles. The van der Waals surface area contributed by atoms with Crippen molar-refractivity contribution in [2.45, 2.75) is 0 Å². The summed E-state index contributed by atoms with van der Waals surface area (Å²) in [5, 5.41) is 6.68. The minimum Gasteiger partial charge on any atom is -0.497 e. The Morgan fingerprint density at radius 3 is 2.07 bits per heavy atom. The van der Waals surface area contributed by atoms with Crippen molar-refractivity contribution in [1.82, 2.24) is 4.68 Å². The molecule has 0 aliphatic rings. The van der Waals surface area contributed by atoms with E-state index in [4.69, 9.17) is 18.9 Å². The van der Waals surface area contributed by atoms with E-state index in [1.807, 2.05) is 41.8 Å². The summed E-state index contributed by atoms with van der Waals surface area (Å²) in [6, 6.07) is 11.5. The van der Waals surface area contributed by atoms with E-state index in [1.54, 1.807) is 46.4 Å². The molecule has 0 bridgehead atoms. The normalized spacial score (nSPS) is 11.7. The lowest BCUT2D eigenvalue weighted by Gasteiger charge is -2.12. The van der Waals surface area contributed by atoms with Crippen LogP contribution >= 0.6 is 11.3 Å². The van der Waals surface area contributed by atoms with Crippen LogP contribution in [-0.2, 0) is 0 Å². The van der Waals surface area contributed by atoms with Crippen LogP contribution in [0.1, 0.15) is 5.56 Å². The Kier molecular flexibility index (Phi) is 6.56. The van der Waals surface area contributed by atoms with Gasteiger partial charge in [-0.15, -0.1) is 11.3 Å². The second-order valence-electron chi connectivity index (χ2n) is 5.87. The molecule has 0 amide bonds. The lowest BCUT2D eigenvalue weighted by molar-refractivity contribution is 0.324. The van der Waals surface area contributed by atoms with E-state index in [0.717, 1.165) is 27.4 Å². The van der Waals surface area contributed by atoms with Crippen molar-refractivity contribution in [2.75, 3.05) is 35.5 Å². The fourth-order valence-corrected chi connectivity index (χ4v) is 3.63. The zero-order valence-electron chi connectivity index (χ0n) is 17.0. The summed E-state index contributed by atoms with van der Waals surface area (Å²) in [6.45, 7) is 0. The molecule has 0 N–H and O–H groups in total. The third-order valence-electron chi connectivity index (χ3n) is 4.27. The second-order valence-corrected chi connectivity index (χ2v) is 6.71. The molecule has 1 heterocycles. The van der Waals surface area contributed by atoms with Gasteiger partial charge in [-0.3, -0.25) is 4.99 Å². The van der Waals surface area contributed by atoms with Gasteiger partial charge < -0.3 is 18.9 Å². The number of hydrogen-bond acceptors (Lipinski definition) is 7. The van der Waals surface area contributed by atoms with Crippen LogP contribution < -0.4 is 23.7 Å². The first-order chi connectivity index (χ1) is 14.1. The van der Waals surface area contributed by atoms with Crippen LogP contribution in [0.2, 0.25) is 0 Å². The predicted octanol–water partition coefficient (Wildman–Crippen LogP) is 3.66. The molecule has 3 rings (SSSR count). The smallest absolute Gasteiger partial charge is 0.205 e. The fourth-order valence-electron chi connectivity index (χ4n) is 2.82. The largest absolute Gasteiger partial charge is 0.497 e. The van der Waals surface area contributed by atoms with E-state index >= 15 is 0 Å². The van der Waals surface area contributed by atoms with E-state index in [2.05, 4.69) is 10.1 Å². The summed E-state index contributed by atoms with van der Waals surface area (Å²) in [4.78, 5) is 5.11. The van der Waals surface area contributed by atoms with Gasteiger partial charge in [0.25, 0.3) is 0 Å². The van der Waals surface area contributed by atoms with Crippen molar-refractivity contribution in [2.24, 2.45) is 10.1 Å². The molecule has 1 aromatic heterocycles. The highest BCUT2D eigenvalue weighted by Gasteiger charge is 2.13. The van der Waals surface area contributed by atoms with E-state index in [9.17, 15) is 0 Å². The summed E-state index contributed by atoms with van der Waals surface area (Å²) in [5.74, 6) is 2.48. The molecule has 152 valence electrons. The number of aromatic nitrogens is 1. The van der Waals surface area contributed by atoms with E-state index in [-0.39, 0.29) is 0 Å². The highest BCUT2D eigenvalue weighted by molar-refractivity contribution is 7.07. The maximum atomic E-state index is 5.41. The van der Waals surface area contributed by atoms with Crippen molar-refractivity contribution in [3.8, 4) is 34.3 Å². The van der Waals surface area contributed by atoms with E-state index < -0.39 is 0 Å². The lowest BCUT2D eigenvalue weighted by Crippen LogP contribution is -2.11. The number of benzene rings is 2. The Labute approximate surface area is 173 Å². The van der Waals surface area contributed by atoms with Gasteiger partial charge >= 0.3 is 0 Å². The van der Waals surface area contributed by atoms with Gasteiger partial charge in [-0.1, -0.05) is 0 Å². The third-order valence-corrected chi connectivity index (χ3v) is 5.18. The van der Waals surface area contributed by atoms with E-state index in [1.165, 1.54) is 11.3 Å². The number of rotatable bonds is 7. The van der Waals surface area contributed by atoms with Crippen LogP contribution in [0, 0.1) is 0 Å². The number of nitrogens with zero attached hydrogens (tertiary/aromatic N) is 3. The lowest BCUT2D eigenvalue weighted by atomic mass is 10.2. The van der Waals surface area contributed by atoms with Crippen LogP contribution in [0.4, 0.5) is 0 Å². The molecule has 0 spiro atoms. The SMILES string of the molecule is CN=c1scc(-c2ccc(OC)cc2)n1N=Cc1cc(OC)c(OC)c(OC)c1. The minimum atomic E-state index is 0.540. The van der Waals surface area contributed by atoms with Crippen molar-refractivity contribution in [3.63, 3.8) is 0 Å². The molecular weight excluding hydrogens is 390 g/mol. The summed E-state index contributed by atoms with van der Waals surface area (Å²) < 4.78 is 23.2. The maximum Gasteiger partial charge on any atom is 0.205 e. The Morgan fingerprint density at radius 2 is 1.55 bits per heavy atom. The number of ether oxygens (including phenoxy) is 4. The molecule has 0 atom stereocenters. The van der Waals surface area contributed by atoms with Gasteiger partial charge in [0.15, 0.2) is 11.5 Å². The maximum absolute atomic E-state index is 5.41. The molecule has 0 radical (unpaired) electrons. The summed E-state index contributed by atoms with van der Waals surface area (Å²) in [5.41, 5.74) is 2.75.